The van der Waals surface area contributed by atoms with E-state index in [9.17, 15) is 4.79 Å². The van der Waals surface area contributed by atoms with Gasteiger partial charge in [0.25, 0.3) is 0 Å². The zero-order chi connectivity index (χ0) is 13.7. The minimum atomic E-state index is -0.184. The van der Waals surface area contributed by atoms with Gasteiger partial charge in [0, 0.05) is 5.92 Å². The van der Waals surface area contributed by atoms with Crippen LogP contribution in [0.25, 0.3) is 0 Å². The topological polar surface area (TPSA) is 17.1 Å². The monoisotopic (exact) mass is 258 g/mol. The summed E-state index contributed by atoms with van der Waals surface area (Å²) in [5.41, 5.74) is 1.07. The van der Waals surface area contributed by atoms with Gasteiger partial charge in [-0.15, -0.1) is 0 Å². The van der Waals surface area contributed by atoms with E-state index in [0.717, 1.165) is 25.7 Å². The molecule has 0 bridgehead atoms. The molecule has 0 saturated heterocycles. The van der Waals surface area contributed by atoms with Crippen LogP contribution in [0.4, 0.5) is 0 Å². The van der Waals surface area contributed by atoms with E-state index in [1.54, 1.807) is 0 Å². The van der Waals surface area contributed by atoms with Crippen molar-refractivity contribution in [2.75, 3.05) is 0 Å². The van der Waals surface area contributed by atoms with Crippen molar-refractivity contribution in [3.8, 4) is 0 Å². The van der Waals surface area contributed by atoms with Gasteiger partial charge in [-0.3, -0.25) is 4.79 Å². The maximum Gasteiger partial charge on any atom is 0.146 e. The largest absolute Gasteiger partial charge is 0.298 e. The van der Waals surface area contributed by atoms with Crippen molar-refractivity contribution in [2.45, 2.75) is 64.2 Å². The van der Waals surface area contributed by atoms with Gasteiger partial charge in [0.15, 0.2) is 0 Å². The van der Waals surface area contributed by atoms with Gasteiger partial charge in [0.2, 0.25) is 0 Å². The highest BCUT2D eigenvalue weighted by Gasteiger charge is 2.42. The Hall–Kier alpha value is -1.11. The molecule has 1 saturated carbocycles. The summed E-state index contributed by atoms with van der Waals surface area (Å²) in [6.45, 7) is 4.29. The van der Waals surface area contributed by atoms with Gasteiger partial charge < -0.3 is 0 Å². The van der Waals surface area contributed by atoms with Gasteiger partial charge in [-0.05, 0) is 31.2 Å². The van der Waals surface area contributed by atoms with Crippen LogP contribution in [0.5, 0.6) is 0 Å². The third-order valence-corrected chi connectivity index (χ3v) is 4.86. The number of hydrogen-bond donors (Lipinski definition) is 0. The van der Waals surface area contributed by atoms with Gasteiger partial charge >= 0.3 is 0 Å². The van der Waals surface area contributed by atoms with Gasteiger partial charge in [0.05, 0.1) is 5.41 Å². The highest BCUT2D eigenvalue weighted by Crippen LogP contribution is 2.42. The predicted octanol–water partition coefficient (Wildman–Crippen LogP) is 4.89. The second kappa shape index (κ2) is 6.36. The Balaban J connectivity index is 2.37. The molecule has 0 amide bonds. The highest BCUT2D eigenvalue weighted by molar-refractivity contribution is 5.92. The molecule has 0 spiro atoms. The zero-order valence-electron chi connectivity index (χ0n) is 12.3. The number of rotatable bonds is 5. The van der Waals surface area contributed by atoms with Crippen LogP contribution >= 0.6 is 0 Å². The Morgan fingerprint density at radius 3 is 2.16 bits per heavy atom. The van der Waals surface area contributed by atoms with Crippen LogP contribution in [0.2, 0.25) is 0 Å². The fourth-order valence-corrected chi connectivity index (χ4v) is 3.64. The second-order valence-electron chi connectivity index (χ2n) is 5.89. The molecule has 2 rings (SSSR count). The molecule has 0 unspecified atom stereocenters. The van der Waals surface area contributed by atoms with Crippen molar-refractivity contribution in [2.24, 2.45) is 5.92 Å². The molecule has 1 fully saturated rings. The van der Waals surface area contributed by atoms with Gasteiger partial charge in [0.1, 0.15) is 5.78 Å². The number of hydrogen-bond acceptors (Lipinski definition) is 1. The first-order chi connectivity index (χ1) is 9.24. The van der Waals surface area contributed by atoms with E-state index in [1.807, 2.05) is 6.07 Å². The summed E-state index contributed by atoms with van der Waals surface area (Å²) >= 11 is 0. The number of Topliss-reactive ketones (excluding diaryl/α,β-unsaturated/α-hetero) is 1. The number of benzene rings is 1. The average molecular weight is 258 g/mol. The van der Waals surface area contributed by atoms with Crippen molar-refractivity contribution >= 4 is 5.78 Å². The van der Waals surface area contributed by atoms with Crippen molar-refractivity contribution in [3.63, 3.8) is 0 Å². The van der Waals surface area contributed by atoms with Crippen LogP contribution in [0.1, 0.15) is 64.4 Å². The maximum absolute atomic E-state index is 13.1. The summed E-state index contributed by atoms with van der Waals surface area (Å²) in [6.07, 6.45) is 7.72. The van der Waals surface area contributed by atoms with Crippen LogP contribution < -0.4 is 0 Å². The molecule has 1 aliphatic carbocycles. The van der Waals surface area contributed by atoms with E-state index in [0.29, 0.717) is 5.78 Å². The standard InChI is InChI=1S/C18H26O/c1-3-15(4-2)17(19)18(13-9-6-10-14-18)16-11-7-5-8-12-16/h5,7-8,11-12,15H,3-4,6,9-10,13-14H2,1-2H3. The zero-order valence-corrected chi connectivity index (χ0v) is 12.3. The molecule has 104 valence electrons. The fourth-order valence-electron chi connectivity index (χ4n) is 3.64. The van der Waals surface area contributed by atoms with E-state index in [1.165, 1.54) is 24.8 Å². The number of carbonyl (C=O) groups is 1. The molecule has 0 aromatic heterocycles. The Labute approximate surface area is 117 Å². The average Bonchev–Trinajstić information content (AvgIpc) is 2.50. The quantitative estimate of drug-likeness (QED) is 0.734. The summed E-state index contributed by atoms with van der Waals surface area (Å²) < 4.78 is 0. The minimum absolute atomic E-state index is 0.184. The smallest absolute Gasteiger partial charge is 0.146 e. The summed E-state index contributed by atoms with van der Waals surface area (Å²) in [6, 6.07) is 10.5. The molecule has 0 N–H and O–H groups in total. The van der Waals surface area contributed by atoms with Crippen molar-refractivity contribution in [1.29, 1.82) is 0 Å². The van der Waals surface area contributed by atoms with E-state index in [4.69, 9.17) is 0 Å². The Kier molecular flexibility index (Phi) is 4.79. The Bertz CT molecular complexity index is 397. The van der Waals surface area contributed by atoms with Crippen molar-refractivity contribution < 1.29 is 4.79 Å². The predicted molar refractivity (Wildman–Crippen MR) is 80.3 cm³/mol. The van der Waals surface area contributed by atoms with E-state index >= 15 is 0 Å². The van der Waals surface area contributed by atoms with Crippen LogP contribution in [0.3, 0.4) is 0 Å². The van der Waals surface area contributed by atoms with E-state index in [-0.39, 0.29) is 11.3 Å². The van der Waals surface area contributed by atoms with Crippen LogP contribution in [-0.2, 0) is 10.2 Å². The van der Waals surface area contributed by atoms with Crippen LogP contribution in [-0.4, -0.2) is 5.78 Å². The highest BCUT2D eigenvalue weighted by atomic mass is 16.1. The molecule has 0 atom stereocenters. The molecule has 1 aliphatic rings. The molecule has 1 aromatic carbocycles. The van der Waals surface area contributed by atoms with Crippen molar-refractivity contribution in [3.05, 3.63) is 35.9 Å². The Morgan fingerprint density at radius 1 is 1.05 bits per heavy atom. The molecule has 0 aliphatic heterocycles. The Morgan fingerprint density at radius 2 is 1.63 bits per heavy atom. The first kappa shape index (κ1) is 14.3. The van der Waals surface area contributed by atoms with Gasteiger partial charge in [-0.1, -0.05) is 63.4 Å². The molecular formula is C18H26O. The van der Waals surface area contributed by atoms with Crippen molar-refractivity contribution in [1.82, 2.24) is 0 Å². The molecule has 1 heteroatoms. The summed E-state index contributed by atoms with van der Waals surface area (Å²) in [5, 5.41) is 0. The number of ketones is 1. The normalized spacial score (nSPS) is 18.5. The van der Waals surface area contributed by atoms with E-state index in [2.05, 4.69) is 38.1 Å². The maximum atomic E-state index is 13.1. The third kappa shape index (κ3) is 2.75. The lowest BCUT2D eigenvalue weighted by Gasteiger charge is -2.38. The molecule has 1 aromatic rings. The third-order valence-electron chi connectivity index (χ3n) is 4.86. The van der Waals surface area contributed by atoms with Crippen LogP contribution in [0, 0.1) is 5.92 Å². The van der Waals surface area contributed by atoms with Gasteiger partial charge in [-0.25, -0.2) is 0 Å². The molecule has 1 nitrogen and oxygen atoms in total. The molecular weight excluding hydrogens is 232 g/mol. The first-order valence-electron chi connectivity index (χ1n) is 7.84. The minimum Gasteiger partial charge on any atom is -0.298 e. The van der Waals surface area contributed by atoms with Crippen LogP contribution in [0.15, 0.2) is 30.3 Å². The lowest BCUT2D eigenvalue weighted by atomic mass is 9.63. The SMILES string of the molecule is CCC(CC)C(=O)C1(c2ccccc2)CCCCC1. The summed E-state index contributed by atoms with van der Waals surface area (Å²) in [4.78, 5) is 13.1. The number of carbonyl (C=O) groups excluding carboxylic acids is 1. The lowest BCUT2D eigenvalue weighted by Crippen LogP contribution is -2.41. The lowest BCUT2D eigenvalue weighted by molar-refractivity contribution is -0.130. The molecule has 0 heterocycles. The first-order valence-corrected chi connectivity index (χ1v) is 7.84. The summed E-state index contributed by atoms with van der Waals surface area (Å²) in [5.74, 6) is 0.738. The summed E-state index contributed by atoms with van der Waals surface area (Å²) in [7, 11) is 0. The van der Waals surface area contributed by atoms with Gasteiger partial charge in [-0.2, -0.15) is 0 Å². The molecule has 19 heavy (non-hydrogen) atoms. The fraction of sp³-hybridized carbons (Fsp3) is 0.611. The molecule has 0 radical (unpaired) electrons. The second-order valence-corrected chi connectivity index (χ2v) is 5.89. The van der Waals surface area contributed by atoms with E-state index < -0.39 is 0 Å².